The van der Waals surface area contributed by atoms with Gasteiger partial charge >= 0.3 is 0 Å². The Morgan fingerprint density at radius 2 is 2.24 bits per heavy atom. The lowest BCUT2D eigenvalue weighted by Gasteiger charge is -2.04. The van der Waals surface area contributed by atoms with Gasteiger partial charge in [-0.25, -0.2) is 18.1 Å². The van der Waals surface area contributed by atoms with Gasteiger partial charge in [0.15, 0.2) is 0 Å². The molecule has 0 atom stereocenters. The third-order valence-corrected chi connectivity index (χ3v) is 3.89. The molecule has 2 aromatic rings. The minimum Gasteiger partial charge on any atom is -0.348 e. The highest BCUT2D eigenvalue weighted by molar-refractivity contribution is 7.89. The minimum atomic E-state index is -3.48. The summed E-state index contributed by atoms with van der Waals surface area (Å²) in [5.41, 5.74) is 1.41. The molecule has 0 saturated carbocycles. The number of imidazole rings is 1. The molecule has 2 rings (SSSR count). The van der Waals surface area contributed by atoms with Gasteiger partial charge < -0.3 is 4.98 Å². The van der Waals surface area contributed by atoms with Crippen molar-refractivity contribution in [1.29, 1.82) is 0 Å². The van der Waals surface area contributed by atoms with Crippen molar-refractivity contribution in [2.45, 2.75) is 18.2 Å². The van der Waals surface area contributed by atoms with E-state index >= 15 is 0 Å². The number of nitrogens with zero attached hydrogens (tertiary/aromatic N) is 2. The van der Waals surface area contributed by atoms with Crippen LogP contribution in [0.5, 0.6) is 0 Å². The van der Waals surface area contributed by atoms with E-state index in [-0.39, 0.29) is 4.90 Å². The summed E-state index contributed by atoms with van der Waals surface area (Å²) in [5.74, 6) is 0. The molecule has 3 N–H and O–H groups in total. The average Bonchev–Trinajstić information content (AvgIpc) is 2.88. The van der Waals surface area contributed by atoms with E-state index in [2.05, 4.69) is 24.9 Å². The summed E-state index contributed by atoms with van der Waals surface area (Å²) in [4.78, 5) is 6.94. The van der Waals surface area contributed by atoms with Gasteiger partial charge in [0.1, 0.15) is 4.90 Å². The van der Waals surface area contributed by atoms with E-state index < -0.39 is 10.0 Å². The minimum absolute atomic E-state index is 0.183. The highest BCUT2D eigenvalue weighted by atomic mass is 32.2. The van der Waals surface area contributed by atoms with Crippen LogP contribution in [0.4, 0.5) is 0 Å². The summed E-state index contributed by atoms with van der Waals surface area (Å²) in [7, 11) is -3.48. The predicted molar refractivity (Wildman–Crippen MR) is 60.8 cm³/mol. The zero-order valence-electron chi connectivity index (χ0n) is 9.27. The summed E-state index contributed by atoms with van der Waals surface area (Å²) >= 11 is 0. The average molecular weight is 255 g/mol. The van der Waals surface area contributed by atoms with Crippen molar-refractivity contribution in [1.82, 2.24) is 24.9 Å². The van der Waals surface area contributed by atoms with Crippen LogP contribution in [0.15, 0.2) is 23.6 Å². The number of hydrogen-bond acceptors (Lipinski definition) is 4. The lowest BCUT2D eigenvalue weighted by atomic mass is 10.3. The highest BCUT2D eigenvalue weighted by Gasteiger charge is 2.17. The highest BCUT2D eigenvalue weighted by Crippen LogP contribution is 2.10. The Morgan fingerprint density at radius 3 is 2.82 bits per heavy atom. The summed E-state index contributed by atoms with van der Waals surface area (Å²) in [5, 5.41) is 6.28. The lowest BCUT2D eigenvalue weighted by Crippen LogP contribution is -2.26. The van der Waals surface area contributed by atoms with Crippen LogP contribution in [-0.2, 0) is 16.4 Å². The van der Waals surface area contributed by atoms with E-state index in [4.69, 9.17) is 0 Å². The first-order valence-corrected chi connectivity index (χ1v) is 6.55. The number of aryl methyl sites for hydroxylation is 1. The molecule has 0 aromatic carbocycles. The van der Waals surface area contributed by atoms with E-state index in [1.807, 2.05) is 0 Å². The van der Waals surface area contributed by atoms with E-state index in [0.717, 1.165) is 5.69 Å². The number of aromatic amines is 2. The molecule has 8 heteroatoms. The van der Waals surface area contributed by atoms with Crippen LogP contribution in [0.2, 0.25) is 0 Å². The van der Waals surface area contributed by atoms with Crippen molar-refractivity contribution in [3.63, 3.8) is 0 Å². The number of H-pyrrole nitrogens is 2. The fraction of sp³-hybridized carbons (Fsp3) is 0.333. The summed E-state index contributed by atoms with van der Waals surface area (Å²) < 4.78 is 26.2. The molecular formula is C9H13N5O2S. The molecule has 0 saturated heterocycles. The Kier molecular flexibility index (Phi) is 3.25. The molecule has 0 unspecified atom stereocenters. The van der Waals surface area contributed by atoms with Gasteiger partial charge in [0.2, 0.25) is 10.0 Å². The Morgan fingerprint density at radius 1 is 1.41 bits per heavy atom. The van der Waals surface area contributed by atoms with E-state index in [1.54, 1.807) is 19.4 Å². The maximum atomic E-state index is 11.8. The van der Waals surface area contributed by atoms with E-state index in [9.17, 15) is 8.42 Å². The predicted octanol–water partition coefficient (Wildman–Crippen LogP) is -0.0378. The summed E-state index contributed by atoms with van der Waals surface area (Å²) in [6.45, 7) is 1.98. The molecule has 0 spiro atoms. The van der Waals surface area contributed by atoms with Crippen LogP contribution in [-0.4, -0.2) is 35.1 Å². The molecular weight excluding hydrogens is 242 g/mol. The molecule has 17 heavy (non-hydrogen) atoms. The zero-order valence-corrected chi connectivity index (χ0v) is 10.1. The van der Waals surface area contributed by atoms with Crippen LogP contribution in [0.1, 0.15) is 11.4 Å². The first-order chi connectivity index (χ1) is 8.09. The molecule has 0 radical (unpaired) electrons. The van der Waals surface area contributed by atoms with Crippen molar-refractivity contribution >= 4 is 10.0 Å². The molecule has 7 nitrogen and oxygen atoms in total. The third kappa shape index (κ3) is 2.71. The van der Waals surface area contributed by atoms with E-state index in [0.29, 0.717) is 18.7 Å². The molecule has 0 bridgehead atoms. The first-order valence-electron chi connectivity index (χ1n) is 5.06. The topological polar surface area (TPSA) is 104 Å². The van der Waals surface area contributed by atoms with Crippen molar-refractivity contribution < 1.29 is 8.42 Å². The third-order valence-electron chi connectivity index (χ3n) is 2.31. The van der Waals surface area contributed by atoms with Gasteiger partial charge in [-0.05, 0) is 6.92 Å². The monoisotopic (exact) mass is 255 g/mol. The summed E-state index contributed by atoms with van der Waals surface area (Å²) in [6.07, 6.45) is 5.09. The lowest BCUT2D eigenvalue weighted by molar-refractivity contribution is 0.581. The Hall–Kier alpha value is -1.67. The molecule has 92 valence electrons. The molecule has 0 aliphatic heterocycles. The van der Waals surface area contributed by atoms with Crippen LogP contribution < -0.4 is 4.72 Å². The fourth-order valence-electron chi connectivity index (χ4n) is 1.43. The Bertz CT molecular complexity index is 572. The summed E-state index contributed by atoms with van der Waals surface area (Å²) in [6, 6.07) is 0. The normalized spacial score (nSPS) is 11.8. The van der Waals surface area contributed by atoms with Crippen molar-refractivity contribution in [3.05, 3.63) is 30.1 Å². The van der Waals surface area contributed by atoms with Crippen LogP contribution in [0, 0.1) is 6.92 Å². The maximum Gasteiger partial charge on any atom is 0.243 e. The van der Waals surface area contributed by atoms with Gasteiger partial charge in [0, 0.05) is 24.9 Å². The van der Waals surface area contributed by atoms with Gasteiger partial charge in [-0.15, -0.1) is 0 Å². The second-order valence-electron chi connectivity index (χ2n) is 3.58. The number of sulfonamides is 1. The molecule has 2 aromatic heterocycles. The fourth-order valence-corrected chi connectivity index (χ4v) is 2.60. The molecule has 0 aliphatic rings. The molecule has 0 amide bonds. The Balaban J connectivity index is 1.97. The van der Waals surface area contributed by atoms with Crippen LogP contribution >= 0.6 is 0 Å². The number of rotatable bonds is 5. The van der Waals surface area contributed by atoms with Gasteiger partial charge in [0.05, 0.1) is 18.2 Å². The molecule has 2 heterocycles. The van der Waals surface area contributed by atoms with Crippen molar-refractivity contribution in [2.24, 2.45) is 0 Å². The second-order valence-corrected chi connectivity index (χ2v) is 5.32. The number of aromatic nitrogens is 4. The molecule has 0 aliphatic carbocycles. The van der Waals surface area contributed by atoms with Gasteiger partial charge in [-0.2, -0.15) is 5.10 Å². The van der Waals surface area contributed by atoms with E-state index in [1.165, 1.54) is 6.20 Å². The van der Waals surface area contributed by atoms with Crippen molar-refractivity contribution in [3.8, 4) is 0 Å². The smallest absolute Gasteiger partial charge is 0.243 e. The maximum absolute atomic E-state index is 11.8. The van der Waals surface area contributed by atoms with Gasteiger partial charge in [-0.1, -0.05) is 0 Å². The van der Waals surface area contributed by atoms with Gasteiger partial charge in [-0.3, -0.25) is 5.10 Å². The van der Waals surface area contributed by atoms with Crippen LogP contribution in [0.25, 0.3) is 0 Å². The number of nitrogens with one attached hydrogen (secondary N) is 3. The van der Waals surface area contributed by atoms with Crippen LogP contribution in [0.3, 0.4) is 0 Å². The quantitative estimate of drug-likeness (QED) is 0.697. The second kappa shape index (κ2) is 4.68. The SMILES string of the molecule is Cc1[nH]ncc1S(=O)(=O)NCCc1cnc[nH]1. The Labute approximate surface area is 98.7 Å². The first kappa shape index (κ1) is 11.8. The van der Waals surface area contributed by atoms with Crippen molar-refractivity contribution in [2.75, 3.05) is 6.54 Å². The largest absolute Gasteiger partial charge is 0.348 e. The molecule has 0 fully saturated rings. The standard InChI is InChI=1S/C9H13N5O2S/c1-7-9(5-12-14-7)17(15,16)13-3-2-8-4-10-6-11-8/h4-6,13H,2-3H2,1H3,(H,10,11)(H,12,14). The number of hydrogen-bond donors (Lipinski definition) is 3. The zero-order chi connectivity index (χ0) is 12.3. The van der Waals surface area contributed by atoms with Gasteiger partial charge in [0.25, 0.3) is 0 Å².